The van der Waals surface area contributed by atoms with Crippen LogP contribution in [0.25, 0.3) is 5.69 Å². The van der Waals surface area contributed by atoms with Gasteiger partial charge in [-0.25, -0.2) is 10.2 Å². The van der Waals surface area contributed by atoms with E-state index < -0.39 is 18.0 Å². The van der Waals surface area contributed by atoms with Crippen LogP contribution in [0.5, 0.6) is 17.2 Å². The Balaban J connectivity index is 1.35. The molecule has 220 valence electrons. The molecule has 2 aromatic carbocycles. The number of carbonyl (C=O) groups excluding carboxylic acids is 2. The van der Waals surface area contributed by atoms with Gasteiger partial charge >= 0.3 is 11.9 Å². The van der Waals surface area contributed by atoms with Gasteiger partial charge in [0.15, 0.2) is 23.4 Å². The van der Waals surface area contributed by atoms with Gasteiger partial charge in [-0.2, -0.15) is 5.10 Å². The number of benzene rings is 2. The standard InChI is InChI=1S/C30H29BrClN3O7/c1-17-6-7-18(2)35(17)21-8-10-22(11-9-21)40-16-23-12-13-24(42-23)29(36)34-33-15-20-14-25(38-4)28(27(32)26(20)31)41-19(3)30(37)39-5/h6-15,19H,16H2,1-5H3,(H,34,36)/b33-15+/t19-/m0/s1. The monoisotopic (exact) mass is 657 g/mol. The molecule has 2 heterocycles. The van der Waals surface area contributed by atoms with E-state index in [1.165, 1.54) is 33.4 Å². The molecule has 0 aliphatic carbocycles. The number of hydrazone groups is 1. The number of hydrogen-bond donors (Lipinski definition) is 1. The van der Waals surface area contributed by atoms with Crippen molar-refractivity contribution in [3.05, 3.63) is 92.6 Å². The summed E-state index contributed by atoms with van der Waals surface area (Å²) in [6.45, 7) is 5.79. The zero-order chi connectivity index (χ0) is 30.4. The zero-order valence-electron chi connectivity index (χ0n) is 23.6. The highest BCUT2D eigenvalue weighted by Gasteiger charge is 2.23. The van der Waals surface area contributed by atoms with Crippen LogP contribution in [-0.4, -0.2) is 43.0 Å². The summed E-state index contributed by atoms with van der Waals surface area (Å²) in [5.41, 5.74) is 6.24. The Morgan fingerprint density at radius 3 is 2.43 bits per heavy atom. The molecule has 1 amide bonds. The first kappa shape index (κ1) is 30.7. The Morgan fingerprint density at radius 2 is 1.79 bits per heavy atom. The van der Waals surface area contributed by atoms with Gasteiger partial charge in [-0.15, -0.1) is 0 Å². The third-order valence-electron chi connectivity index (χ3n) is 6.21. The van der Waals surface area contributed by atoms with E-state index >= 15 is 0 Å². The summed E-state index contributed by atoms with van der Waals surface area (Å²) in [7, 11) is 2.69. The molecule has 4 aromatic rings. The van der Waals surface area contributed by atoms with Gasteiger partial charge in [-0.1, -0.05) is 11.6 Å². The molecule has 0 aliphatic rings. The highest BCUT2D eigenvalue weighted by Crippen LogP contribution is 2.42. The molecule has 0 saturated heterocycles. The molecule has 12 heteroatoms. The van der Waals surface area contributed by atoms with Crippen LogP contribution < -0.4 is 19.6 Å². The molecule has 0 fully saturated rings. The minimum Gasteiger partial charge on any atom is -0.493 e. The number of carbonyl (C=O) groups is 2. The quantitative estimate of drug-likeness (QED) is 0.113. The minimum atomic E-state index is -0.917. The second kappa shape index (κ2) is 13.6. The van der Waals surface area contributed by atoms with Crippen LogP contribution >= 0.6 is 27.5 Å². The van der Waals surface area contributed by atoms with E-state index in [4.69, 9.17) is 30.2 Å². The summed E-state index contributed by atoms with van der Waals surface area (Å²) in [4.78, 5) is 24.3. The summed E-state index contributed by atoms with van der Waals surface area (Å²) in [6, 6.07) is 16.7. The Labute approximate surface area is 256 Å². The van der Waals surface area contributed by atoms with E-state index in [1.54, 1.807) is 12.1 Å². The number of ether oxygens (including phenoxy) is 4. The van der Waals surface area contributed by atoms with Crippen LogP contribution in [0.15, 0.2) is 68.6 Å². The lowest BCUT2D eigenvalue weighted by Gasteiger charge is -2.18. The fourth-order valence-corrected chi connectivity index (χ4v) is 4.71. The van der Waals surface area contributed by atoms with Gasteiger partial charge in [0, 0.05) is 27.1 Å². The molecule has 1 N–H and O–H groups in total. The number of amides is 1. The fourth-order valence-electron chi connectivity index (χ4n) is 4.07. The molecule has 0 saturated carbocycles. The van der Waals surface area contributed by atoms with Crippen molar-refractivity contribution in [3.8, 4) is 22.9 Å². The Hall–Kier alpha value is -4.22. The number of esters is 1. The first-order valence-electron chi connectivity index (χ1n) is 12.7. The number of aromatic nitrogens is 1. The lowest BCUT2D eigenvalue weighted by atomic mass is 10.2. The van der Waals surface area contributed by atoms with Crippen molar-refractivity contribution in [1.82, 2.24) is 9.99 Å². The predicted octanol–water partition coefficient (Wildman–Crippen LogP) is 6.39. The smallest absolute Gasteiger partial charge is 0.346 e. The third kappa shape index (κ3) is 6.97. The van der Waals surface area contributed by atoms with Gasteiger partial charge in [-0.05, 0) is 91.3 Å². The summed E-state index contributed by atoms with van der Waals surface area (Å²) in [5.74, 6) is 0.489. The predicted molar refractivity (Wildman–Crippen MR) is 161 cm³/mol. The third-order valence-corrected chi connectivity index (χ3v) is 7.65. The number of furan rings is 1. The average Bonchev–Trinajstić information content (AvgIpc) is 3.61. The number of nitrogens with zero attached hydrogens (tertiary/aromatic N) is 2. The van der Waals surface area contributed by atoms with E-state index in [1.807, 2.05) is 24.3 Å². The number of aryl methyl sites for hydroxylation is 2. The van der Waals surface area contributed by atoms with Crippen molar-refractivity contribution in [1.29, 1.82) is 0 Å². The van der Waals surface area contributed by atoms with Crippen molar-refractivity contribution in [2.75, 3.05) is 14.2 Å². The van der Waals surface area contributed by atoms with Crippen molar-refractivity contribution in [2.45, 2.75) is 33.5 Å². The van der Waals surface area contributed by atoms with Gasteiger partial charge in [0.2, 0.25) is 0 Å². The molecule has 10 nitrogen and oxygen atoms in total. The van der Waals surface area contributed by atoms with Gasteiger partial charge in [0.25, 0.3) is 0 Å². The van der Waals surface area contributed by atoms with Crippen LogP contribution in [0.1, 0.15) is 40.2 Å². The zero-order valence-corrected chi connectivity index (χ0v) is 25.9. The maximum atomic E-state index is 12.6. The molecule has 0 spiro atoms. The largest absolute Gasteiger partial charge is 0.493 e. The summed E-state index contributed by atoms with van der Waals surface area (Å²) in [6.07, 6.45) is 0.456. The Morgan fingerprint density at radius 1 is 1.10 bits per heavy atom. The second-order valence-electron chi connectivity index (χ2n) is 9.11. The van der Waals surface area contributed by atoms with Gasteiger partial charge in [0.05, 0.1) is 20.4 Å². The second-order valence-corrected chi connectivity index (χ2v) is 10.3. The van der Waals surface area contributed by atoms with Crippen LogP contribution in [0.2, 0.25) is 5.02 Å². The molecule has 0 radical (unpaired) electrons. The Kier molecular flexibility index (Phi) is 9.97. The first-order valence-corrected chi connectivity index (χ1v) is 13.9. The molecule has 1 atom stereocenters. The van der Waals surface area contributed by atoms with Gasteiger partial charge < -0.3 is 27.9 Å². The summed E-state index contributed by atoms with van der Waals surface area (Å²) < 4.78 is 29.7. The molecule has 2 aromatic heterocycles. The van der Waals surface area contributed by atoms with Crippen LogP contribution in [0.3, 0.4) is 0 Å². The van der Waals surface area contributed by atoms with Crippen LogP contribution in [-0.2, 0) is 16.1 Å². The maximum Gasteiger partial charge on any atom is 0.346 e. The van der Waals surface area contributed by atoms with E-state index in [0.29, 0.717) is 21.5 Å². The molecular weight excluding hydrogens is 630 g/mol. The number of hydrogen-bond acceptors (Lipinski definition) is 8. The average molecular weight is 659 g/mol. The van der Waals surface area contributed by atoms with Crippen LogP contribution in [0.4, 0.5) is 0 Å². The number of methoxy groups -OCH3 is 2. The number of nitrogens with one attached hydrogen (secondary N) is 1. The summed E-state index contributed by atoms with van der Waals surface area (Å²) in [5, 5.41) is 4.15. The SMILES string of the molecule is COC(=O)[C@H](C)Oc1c(OC)cc(/C=N/NC(=O)c2ccc(COc3ccc(-n4c(C)ccc4C)cc3)o2)c(Br)c1Cl. The van der Waals surface area contributed by atoms with Crippen molar-refractivity contribution in [2.24, 2.45) is 5.10 Å². The Bertz CT molecular complexity index is 1590. The lowest BCUT2D eigenvalue weighted by molar-refractivity contribution is -0.147. The van der Waals surface area contributed by atoms with Crippen molar-refractivity contribution < 1.29 is 33.0 Å². The van der Waals surface area contributed by atoms with E-state index in [2.05, 4.69) is 61.7 Å². The first-order chi connectivity index (χ1) is 20.1. The van der Waals surface area contributed by atoms with Crippen molar-refractivity contribution in [3.63, 3.8) is 0 Å². The van der Waals surface area contributed by atoms with Gasteiger partial charge in [-0.3, -0.25) is 4.79 Å². The highest BCUT2D eigenvalue weighted by atomic mass is 79.9. The van der Waals surface area contributed by atoms with Crippen LogP contribution in [0, 0.1) is 13.8 Å². The highest BCUT2D eigenvalue weighted by molar-refractivity contribution is 9.10. The molecule has 0 aliphatic heterocycles. The van der Waals surface area contributed by atoms with Crippen molar-refractivity contribution >= 4 is 45.6 Å². The normalized spacial score (nSPS) is 11.8. The maximum absolute atomic E-state index is 12.6. The molecule has 4 rings (SSSR count). The topological polar surface area (TPSA) is 114 Å². The molecule has 0 unspecified atom stereocenters. The fraction of sp³-hybridized carbons (Fsp3) is 0.233. The number of rotatable bonds is 11. The van der Waals surface area contributed by atoms with E-state index in [0.717, 1.165) is 17.1 Å². The number of halogens is 2. The van der Waals surface area contributed by atoms with E-state index in [-0.39, 0.29) is 28.9 Å². The van der Waals surface area contributed by atoms with E-state index in [9.17, 15) is 9.59 Å². The summed E-state index contributed by atoms with van der Waals surface area (Å²) >= 11 is 9.84. The molecule has 0 bridgehead atoms. The molecular formula is C30H29BrClN3O7. The van der Waals surface area contributed by atoms with Gasteiger partial charge in [0.1, 0.15) is 23.1 Å². The molecule has 42 heavy (non-hydrogen) atoms. The minimum absolute atomic E-state index is 0.0647. The lowest BCUT2D eigenvalue weighted by Crippen LogP contribution is -2.25.